The number of nitrogens with one attached hydrogen (secondary N) is 1. The van der Waals surface area contributed by atoms with Crippen LogP contribution in [-0.4, -0.2) is 26.1 Å². The van der Waals surface area contributed by atoms with E-state index in [2.05, 4.69) is 10.2 Å². The average Bonchev–Trinajstić information content (AvgIpc) is 2.67. The Balaban J connectivity index is 1.70. The first-order chi connectivity index (χ1) is 11.8. The molecule has 1 heterocycles. The van der Waals surface area contributed by atoms with Crippen molar-refractivity contribution in [2.45, 2.75) is 25.8 Å². The molecule has 1 N–H and O–H groups in total. The summed E-state index contributed by atoms with van der Waals surface area (Å²) in [5.41, 5.74) is 2.82. The van der Waals surface area contributed by atoms with Crippen LogP contribution in [-0.2, 0) is 6.54 Å². The molecule has 0 saturated carbocycles. The second kappa shape index (κ2) is 7.86. The summed E-state index contributed by atoms with van der Waals surface area (Å²) in [6, 6.07) is 15.6. The van der Waals surface area contributed by atoms with Gasteiger partial charge in [0.05, 0.1) is 12.7 Å². The summed E-state index contributed by atoms with van der Waals surface area (Å²) in [4.78, 5) is 15.0. The Morgan fingerprint density at radius 3 is 2.67 bits per heavy atom. The molecule has 1 amide bonds. The number of carbonyl (C=O) groups excluding carboxylic acids is 1. The maximum absolute atomic E-state index is 12.7. The molecular formula is C20H24N2O2. The molecule has 0 bridgehead atoms. The smallest absolute Gasteiger partial charge is 0.253 e. The molecule has 1 fully saturated rings. The SMILES string of the molecule is COc1cccc(CNC(=O)c2ccccc2N2CCCCC2)c1. The minimum Gasteiger partial charge on any atom is -0.497 e. The molecule has 1 aliphatic heterocycles. The Bertz CT molecular complexity index is 694. The fourth-order valence-corrected chi connectivity index (χ4v) is 3.14. The molecule has 126 valence electrons. The Morgan fingerprint density at radius 1 is 1.08 bits per heavy atom. The summed E-state index contributed by atoms with van der Waals surface area (Å²) in [5, 5.41) is 3.02. The summed E-state index contributed by atoms with van der Waals surface area (Å²) >= 11 is 0. The maximum Gasteiger partial charge on any atom is 0.253 e. The van der Waals surface area contributed by atoms with Gasteiger partial charge < -0.3 is 15.0 Å². The van der Waals surface area contributed by atoms with E-state index in [4.69, 9.17) is 4.74 Å². The molecule has 3 rings (SSSR count). The minimum absolute atomic E-state index is 0.0287. The van der Waals surface area contributed by atoms with Crippen LogP contribution in [0.1, 0.15) is 35.2 Å². The molecule has 1 aliphatic rings. The van der Waals surface area contributed by atoms with Crippen molar-refractivity contribution in [3.63, 3.8) is 0 Å². The highest BCUT2D eigenvalue weighted by Crippen LogP contribution is 2.24. The zero-order valence-electron chi connectivity index (χ0n) is 14.1. The molecule has 4 nitrogen and oxygen atoms in total. The van der Waals surface area contributed by atoms with Gasteiger partial charge in [-0.1, -0.05) is 24.3 Å². The number of hydrogen-bond donors (Lipinski definition) is 1. The first-order valence-electron chi connectivity index (χ1n) is 8.53. The molecule has 0 atom stereocenters. The lowest BCUT2D eigenvalue weighted by atomic mass is 10.1. The first kappa shape index (κ1) is 16.4. The predicted octanol–water partition coefficient (Wildman–Crippen LogP) is 3.62. The largest absolute Gasteiger partial charge is 0.497 e. The van der Waals surface area contributed by atoms with Crippen LogP contribution in [0.3, 0.4) is 0 Å². The van der Waals surface area contributed by atoms with Crippen LogP contribution in [0.4, 0.5) is 5.69 Å². The highest BCUT2D eigenvalue weighted by molar-refractivity contribution is 5.99. The lowest BCUT2D eigenvalue weighted by Crippen LogP contribution is -2.32. The number of amides is 1. The van der Waals surface area contributed by atoms with Crippen LogP contribution in [0.25, 0.3) is 0 Å². The average molecular weight is 324 g/mol. The van der Waals surface area contributed by atoms with Gasteiger partial charge in [-0.15, -0.1) is 0 Å². The van der Waals surface area contributed by atoms with E-state index in [0.717, 1.165) is 35.7 Å². The molecule has 0 aromatic heterocycles. The maximum atomic E-state index is 12.7. The van der Waals surface area contributed by atoms with Gasteiger partial charge in [-0.25, -0.2) is 0 Å². The molecule has 0 unspecified atom stereocenters. The van der Waals surface area contributed by atoms with Gasteiger partial charge in [-0.05, 0) is 49.1 Å². The number of para-hydroxylation sites is 1. The zero-order chi connectivity index (χ0) is 16.8. The van der Waals surface area contributed by atoms with Crippen molar-refractivity contribution < 1.29 is 9.53 Å². The minimum atomic E-state index is -0.0287. The van der Waals surface area contributed by atoms with Crippen LogP contribution in [0.5, 0.6) is 5.75 Å². The van der Waals surface area contributed by atoms with Crippen LogP contribution >= 0.6 is 0 Å². The van der Waals surface area contributed by atoms with Crippen molar-refractivity contribution in [3.05, 3.63) is 59.7 Å². The number of piperidine rings is 1. The van der Waals surface area contributed by atoms with Gasteiger partial charge in [0, 0.05) is 25.3 Å². The normalized spacial score (nSPS) is 14.3. The summed E-state index contributed by atoms with van der Waals surface area (Å²) in [6.07, 6.45) is 3.67. The topological polar surface area (TPSA) is 41.6 Å². The quantitative estimate of drug-likeness (QED) is 0.913. The third kappa shape index (κ3) is 3.88. The van der Waals surface area contributed by atoms with Gasteiger partial charge in [0.25, 0.3) is 5.91 Å². The van der Waals surface area contributed by atoms with Crippen molar-refractivity contribution >= 4 is 11.6 Å². The standard InChI is InChI=1S/C20H24N2O2/c1-24-17-9-7-8-16(14-17)15-21-20(23)18-10-3-4-11-19(18)22-12-5-2-6-13-22/h3-4,7-11,14H,2,5-6,12-13,15H2,1H3,(H,21,23). The van der Waals surface area contributed by atoms with E-state index < -0.39 is 0 Å². The predicted molar refractivity (Wildman–Crippen MR) is 96.7 cm³/mol. The molecule has 4 heteroatoms. The van der Waals surface area contributed by atoms with Crippen molar-refractivity contribution in [1.82, 2.24) is 5.32 Å². The number of carbonyl (C=O) groups is 1. The second-order valence-electron chi connectivity index (χ2n) is 6.10. The van der Waals surface area contributed by atoms with Crippen molar-refractivity contribution in [2.24, 2.45) is 0 Å². The first-order valence-corrected chi connectivity index (χ1v) is 8.53. The van der Waals surface area contributed by atoms with E-state index in [1.54, 1.807) is 7.11 Å². The summed E-state index contributed by atoms with van der Waals surface area (Å²) in [5.74, 6) is 0.773. The van der Waals surface area contributed by atoms with Crippen molar-refractivity contribution in [2.75, 3.05) is 25.1 Å². The molecule has 24 heavy (non-hydrogen) atoms. The third-order valence-electron chi connectivity index (χ3n) is 4.43. The summed E-state index contributed by atoms with van der Waals surface area (Å²) in [7, 11) is 1.65. The Hall–Kier alpha value is -2.49. The number of methoxy groups -OCH3 is 1. The van der Waals surface area contributed by atoms with E-state index in [-0.39, 0.29) is 5.91 Å². The number of benzene rings is 2. The van der Waals surface area contributed by atoms with Gasteiger partial charge >= 0.3 is 0 Å². The summed E-state index contributed by atoms with van der Waals surface area (Å²) in [6.45, 7) is 2.55. The van der Waals surface area contributed by atoms with Gasteiger partial charge in [-0.3, -0.25) is 4.79 Å². The van der Waals surface area contributed by atoms with Crippen LogP contribution in [0.15, 0.2) is 48.5 Å². The van der Waals surface area contributed by atoms with Gasteiger partial charge in [-0.2, -0.15) is 0 Å². The molecule has 2 aromatic rings. The number of rotatable bonds is 5. The van der Waals surface area contributed by atoms with Gasteiger partial charge in [0.15, 0.2) is 0 Å². The molecule has 0 radical (unpaired) electrons. The van der Waals surface area contributed by atoms with Crippen LogP contribution in [0, 0.1) is 0 Å². The Morgan fingerprint density at radius 2 is 1.88 bits per heavy atom. The zero-order valence-corrected chi connectivity index (χ0v) is 14.1. The van der Waals surface area contributed by atoms with Crippen molar-refractivity contribution in [1.29, 1.82) is 0 Å². The summed E-state index contributed by atoms with van der Waals surface area (Å²) < 4.78 is 5.23. The monoisotopic (exact) mass is 324 g/mol. The van der Waals surface area contributed by atoms with E-state index in [0.29, 0.717) is 6.54 Å². The number of anilines is 1. The van der Waals surface area contributed by atoms with E-state index in [1.165, 1.54) is 19.3 Å². The third-order valence-corrected chi connectivity index (χ3v) is 4.43. The van der Waals surface area contributed by atoms with Crippen LogP contribution < -0.4 is 15.0 Å². The highest BCUT2D eigenvalue weighted by atomic mass is 16.5. The second-order valence-corrected chi connectivity index (χ2v) is 6.10. The molecule has 2 aromatic carbocycles. The number of nitrogens with zero attached hydrogens (tertiary/aromatic N) is 1. The van der Waals surface area contributed by atoms with E-state index in [1.807, 2.05) is 48.5 Å². The fourth-order valence-electron chi connectivity index (χ4n) is 3.14. The highest BCUT2D eigenvalue weighted by Gasteiger charge is 2.17. The van der Waals surface area contributed by atoms with E-state index in [9.17, 15) is 4.79 Å². The number of ether oxygens (including phenoxy) is 1. The van der Waals surface area contributed by atoms with Gasteiger partial charge in [0.1, 0.15) is 5.75 Å². The van der Waals surface area contributed by atoms with Gasteiger partial charge in [0.2, 0.25) is 0 Å². The molecular weight excluding hydrogens is 300 g/mol. The van der Waals surface area contributed by atoms with Crippen molar-refractivity contribution in [3.8, 4) is 5.75 Å². The Labute approximate surface area is 143 Å². The molecule has 0 spiro atoms. The lowest BCUT2D eigenvalue weighted by Gasteiger charge is -2.30. The molecule has 1 saturated heterocycles. The lowest BCUT2D eigenvalue weighted by molar-refractivity contribution is 0.0951. The fraction of sp³-hybridized carbons (Fsp3) is 0.350. The Kier molecular flexibility index (Phi) is 5.36. The van der Waals surface area contributed by atoms with E-state index >= 15 is 0 Å². The van der Waals surface area contributed by atoms with Crippen LogP contribution in [0.2, 0.25) is 0 Å². The number of hydrogen-bond acceptors (Lipinski definition) is 3. The molecule has 0 aliphatic carbocycles.